The molecule has 0 radical (unpaired) electrons. The highest BCUT2D eigenvalue weighted by Crippen LogP contribution is 2.38. The predicted molar refractivity (Wildman–Crippen MR) is 214 cm³/mol. The van der Waals surface area contributed by atoms with Gasteiger partial charge in [0, 0.05) is 58.6 Å². The molecule has 2 aliphatic heterocycles. The Morgan fingerprint density at radius 3 is 1.82 bits per heavy atom. The maximum Gasteiger partial charge on any atom is 0.222 e. The molecule has 1 saturated heterocycles. The Kier molecular flexibility index (Phi) is 12.6. The van der Waals surface area contributed by atoms with Gasteiger partial charge in [-0.1, -0.05) is 113 Å². The number of aryl methyl sites for hydroxylation is 4. The van der Waals surface area contributed by atoms with Crippen molar-refractivity contribution < 1.29 is 9.59 Å². The fraction of sp³-hybridized carbons (Fsp3) is 0.333. The third-order valence-electron chi connectivity index (χ3n) is 9.95. The van der Waals surface area contributed by atoms with Gasteiger partial charge in [-0.2, -0.15) is 0 Å². The zero-order chi connectivity index (χ0) is 35.7. The zero-order valence-electron chi connectivity index (χ0n) is 30.5. The molecule has 51 heavy (non-hydrogen) atoms. The smallest absolute Gasteiger partial charge is 0.222 e. The summed E-state index contributed by atoms with van der Waals surface area (Å²) in [5.41, 5.74) is 10.4. The monoisotopic (exact) mass is 714 g/mol. The van der Waals surface area contributed by atoms with Gasteiger partial charge < -0.3 is 9.80 Å². The van der Waals surface area contributed by atoms with Gasteiger partial charge in [0.2, 0.25) is 11.8 Å². The van der Waals surface area contributed by atoms with Crippen molar-refractivity contribution in [3.05, 3.63) is 130 Å². The summed E-state index contributed by atoms with van der Waals surface area (Å²) in [7, 11) is 0. The molecule has 4 nitrogen and oxygen atoms in total. The quantitative estimate of drug-likeness (QED) is 0.164. The van der Waals surface area contributed by atoms with Gasteiger partial charge in [0.15, 0.2) is 0 Å². The van der Waals surface area contributed by atoms with Crippen LogP contribution in [0.3, 0.4) is 0 Å². The van der Waals surface area contributed by atoms with Crippen LogP contribution in [0.4, 0.5) is 0 Å². The van der Waals surface area contributed by atoms with Crippen LogP contribution in [0.1, 0.15) is 78.3 Å². The third kappa shape index (κ3) is 9.87. The molecule has 0 unspecified atom stereocenters. The van der Waals surface area contributed by atoms with E-state index >= 15 is 0 Å². The van der Waals surface area contributed by atoms with Crippen LogP contribution >= 0.6 is 23.5 Å². The molecular weight excluding hydrogens is 665 g/mol. The van der Waals surface area contributed by atoms with E-state index in [9.17, 15) is 9.59 Å². The van der Waals surface area contributed by atoms with Crippen LogP contribution in [0.5, 0.6) is 0 Å². The lowest BCUT2D eigenvalue weighted by atomic mass is 10.0. The van der Waals surface area contributed by atoms with Crippen LogP contribution in [0.2, 0.25) is 0 Å². The van der Waals surface area contributed by atoms with Crippen molar-refractivity contribution in [3.8, 4) is 0 Å². The normalized spacial score (nSPS) is 15.0. The molecule has 2 aliphatic rings. The fourth-order valence-electron chi connectivity index (χ4n) is 7.05. The minimum atomic E-state index is 0.164. The topological polar surface area (TPSA) is 40.6 Å². The van der Waals surface area contributed by atoms with Gasteiger partial charge in [0.1, 0.15) is 0 Å². The molecule has 0 aromatic heterocycles. The summed E-state index contributed by atoms with van der Waals surface area (Å²) >= 11 is 3.65. The molecule has 2 amide bonds. The van der Waals surface area contributed by atoms with Crippen molar-refractivity contribution in [2.24, 2.45) is 0 Å². The summed E-state index contributed by atoms with van der Waals surface area (Å²) in [5.74, 6) is 0.335. The van der Waals surface area contributed by atoms with Gasteiger partial charge >= 0.3 is 0 Å². The number of piperidine rings is 1. The van der Waals surface area contributed by atoms with Crippen molar-refractivity contribution >= 4 is 47.0 Å². The number of carbonyl (C=O) groups excluding carboxylic acids is 2. The molecule has 264 valence electrons. The highest BCUT2D eigenvalue weighted by Gasteiger charge is 2.22. The van der Waals surface area contributed by atoms with Gasteiger partial charge in [-0.05, 0) is 112 Å². The first kappa shape index (κ1) is 36.8. The minimum absolute atomic E-state index is 0.164. The Bertz CT molecular complexity index is 1930. The third-order valence-corrected chi connectivity index (χ3v) is 12.5. The fourth-order valence-corrected chi connectivity index (χ4v) is 9.08. The number of carbonyl (C=O) groups is 2. The Labute approximate surface area is 313 Å². The summed E-state index contributed by atoms with van der Waals surface area (Å²) < 4.78 is 0. The molecule has 0 atom stereocenters. The van der Waals surface area contributed by atoms with E-state index in [1.54, 1.807) is 0 Å². The molecular formula is C45H50N2O2S2. The van der Waals surface area contributed by atoms with Crippen molar-refractivity contribution in [2.45, 2.75) is 92.2 Å². The Morgan fingerprint density at radius 1 is 0.627 bits per heavy atom. The molecule has 0 N–H and O–H groups in total. The van der Waals surface area contributed by atoms with E-state index in [0.29, 0.717) is 25.8 Å². The van der Waals surface area contributed by atoms with Crippen molar-refractivity contribution in [1.82, 2.24) is 9.80 Å². The van der Waals surface area contributed by atoms with Gasteiger partial charge in [0.05, 0.1) is 0 Å². The van der Waals surface area contributed by atoms with Crippen LogP contribution < -0.4 is 0 Å². The second-order valence-electron chi connectivity index (χ2n) is 14.0. The standard InChI is InChI=1S/C45H50N2O2S2/c1-32-18-20-40(34(3)29-32)50-42-14-7-5-11-38(42)31-36-22-26-47(27-23-36)45(49)17-9-16-44(48)46-25-10-12-37(24-28-46)39-13-6-8-15-43(39)51-41-21-19-33(2)30-35(41)4/h5-8,11-15,18-21,29-31H,9-10,16-17,22-28H2,1-4H3. The number of nitrogens with zero attached hydrogens (tertiary/aromatic N) is 2. The van der Waals surface area contributed by atoms with Crippen LogP contribution in [0, 0.1) is 27.7 Å². The largest absolute Gasteiger partial charge is 0.342 e. The Balaban J connectivity index is 0.956. The highest BCUT2D eigenvalue weighted by atomic mass is 32.2. The van der Waals surface area contributed by atoms with E-state index in [0.717, 1.165) is 45.3 Å². The molecule has 1 fully saturated rings. The van der Waals surface area contributed by atoms with E-state index in [1.165, 1.54) is 64.1 Å². The number of rotatable bonds is 10. The number of hydrogen-bond acceptors (Lipinski definition) is 4. The van der Waals surface area contributed by atoms with Crippen LogP contribution in [-0.2, 0) is 9.59 Å². The zero-order valence-corrected chi connectivity index (χ0v) is 32.2. The van der Waals surface area contributed by atoms with E-state index in [1.807, 2.05) is 33.3 Å². The van der Waals surface area contributed by atoms with Crippen LogP contribution in [-0.4, -0.2) is 47.8 Å². The van der Waals surface area contributed by atoms with Crippen LogP contribution in [0.15, 0.2) is 116 Å². The summed E-state index contributed by atoms with van der Waals surface area (Å²) in [6.45, 7) is 11.6. The molecule has 0 aliphatic carbocycles. The van der Waals surface area contributed by atoms with Gasteiger partial charge in [-0.25, -0.2) is 0 Å². The van der Waals surface area contributed by atoms with Crippen molar-refractivity contribution in [3.63, 3.8) is 0 Å². The van der Waals surface area contributed by atoms with E-state index in [-0.39, 0.29) is 11.8 Å². The molecule has 0 bridgehead atoms. The molecule has 6 heteroatoms. The number of likely N-dealkylation sites (tertiary alicyclic amines) is 1. The van der Waals surface area contributed by atoms with E-state index < -0.39 is 0 Å². The second kappa shape index (κ2) is 17.5. The number of hydrogen-bond donors (Lipinski definition) is 0. The number of amides is 2. The molecule has 0 spiro atoms. The first-order valence-corrected chi connectivity index (χ1v) is 20.0. The molecule has 4 aromatic carbocycles. The van der Waals surface area contributed by atoms with Gasteiger partial charge in [-0.3, -0.25) is 9.59 Å². The molecule has 6 rings (SSSR count). The molecule has 4 aromatic rings. The second-order valence-corrected chi connectivity index (χ2v) is 16.1. The Morgan fingerprint density at radius 2 is 1.18 bits per heavy atom. The average molecular weight is 715 g/mol. The average Bonchev–Trinajstić information content (AvgIpc) is 3.38. The summed E-state index contributed by atoms with van der Waals surface area (Å²) in [5, 5.41) is 0. The maximum absolute atomic E-state index is 13.3. The lowest BCUT2D eigenvalue weighted by molar-refractivity contribution is -0.133. The lowest BCUT2D eigenvalue weighted by Gasteiger charge is -2.29. The first-order valence-electron chi connectivity index (χ1n) is 18.4. The predicted octanol–water partition coefficient (Wildman–Crippen LogP) is 11.1. The SMILES string of the molecule is Cc1ccc(Sc2ccccc2C=C2CCN(C(=O)CCCC(=O)N3CCC=C(c4ccccc4Sc4ccc(C)cc4C)CC3)CC2)c(C)c1. The van der Waals surface area contributed by atoms with Crippen molar-refractivity contribution in [1.29, 1.82) is 0 Å². The number of benzene rings is 4. The lowest BCUT2D eigenvalue weighted by Crippen LogP contribution is -2.36. The molecule has 2 heterocycles. The first-order chi connectivity index (χ1) is 24.7. The summed E-state index contributed by atoms with van der Waals surface area (Å²) in [6, 6.07) is 30.5. The summed E-state index contributed by atoms with van der Waals surface area (Å²) in [4.78, 5) is 35.5. The minimum Gasteiger partial charge on any atom is -0.342 e. The van der Waals surface area contributed by atoms with E-state index in [2.05, 4.69) is 125 Å². The summed E-state index contributed by atoms with van der Waals surface area (Å²) in [6.07, 6.45) is 9.58. The van der Waals surface area contributed by atoms with Crippen molar-refractivity contribution in [2.75, 3.05) is 26.2 Å². The Hall–Kier alpha value is -4.00. The van der Waals surface area contributed by atoms with E-state index in [4.69, 9.17) is 0 Å². The van der Waals surface area contributed by atoms with Gasteiger partial charge in [0.25, 0.3) is 0 Å². The maximum atomic E-state index is 13.3. The molecule has 0 saturated carbocycles. The highest BCUT2D eigenvalue weighted by molar-refractivity contribution is 7.99. The van der Waals surface area contributed by atoms with Gasteiger partial charge in [-0.15, -0.1) is 0 Å². The van der Waals surface area contributed by atoms with Crippen LogP contribution in [0.25, 0.3) is 11.6 Å².